The average Bonchev–Trinajstić information content (AvgIpc) is 3.26. The predicted octanol–water partition coefficient (Wildman–Crippen LogP) is 2.98. The standard InChI is InChI=1S/C23H24F2N6O2/c1-13-16-5-8-30(23(13,16)17-10-14(24)2-3-18(17)25)20-6-9-31-21(28-20)19(11-26-31)27-22(33)29-7-4-15(32)12-29/h2-3,6,9-11,13,15-16,32H,4-5,7-8,12H2,1H3,(H,27,33)/t13-,15-,16+,23-/m0/s1. The van der Waals surface area contributed by atoms with Crippen LogP contribution in [-0.4, -0.2) is 56.4 Å². The molecule has 10 heteroatoms. The zero-order valence-electron chi connectivity index (χ0n) is 18.1. The van der Waals surface area contributed by atoms with Gasteiger partial charge in [0, 0.05) is 31.4 Å². The van der Waals surface area contributed by atoms with Crippen molar-refractivity contribution in [3.63, 3.8) is 0 Å². The number of urea groups is 1. The smallest absolute Gasteiger partial charge is 0.322 e. The molecule has 2 saturated heterocycles. The van der Waals surface area contributed by atoms with Gasteiger partial charge in [0.25, 0.3) is 0 Å². The predicted molar refractivity (Wildman–Crippen MR) is 117 cm³/mol. The molecule has 8 nitrogen and oxygen atoms in total. The molecule has 33 heavy (non-hydrogen) atoms. The number of carbonyl (C=O) groups excluding carboxylic acids is 1. The molecular formula is C23H24F2N6O2. The fourth-order valence-corrected chi connectivity index (χ4v) is 5.92. The van der Waals surface area contributed by atoms with Gasteiger partial charge in [-0.05, 0) is 48.9 Å². The third-order valence-corrected chi connectivity index (χ3v) is 7.55. The number of hydrogen-bond acceptors (Lipinski definition) is 5. The molecule has 3 fully saturated rings. The number of rotatable bonds is 3. The van der Waals surface area contributed by atoms with Gasteiger partial charge >= 0.3 is 6.03 Å². The SMILES string of the molecule is C[C@H]1[C@H]2CCN(c3ccn4ncc(NC(=O)N5CC[C@H](O)C5)c4n3)[C@]21c1cc(F)ccc1F. The number of fused-ring (bicyclic) bond motifs is 2. The minimum Gasteiger partial charge on any atom is -0.391 e. The number of carbonyl (C=O) groups is 1. The summed E-state index contributed by atoms with van der Waals surface area (Å²) in [6.07, 6.45) is 4.20. The lowest BCUT2D eigenvalue weighted by atomic mass is 9.99. The van der Waals surface area contributed by atoms with Gasteiger partial charge in [0.1, 0.15) is 23.1 Å². The Morgan fingerprint density at radius 3 is 2.85 bits per heavy atom. The van der Waals surface area contributed by atoms with Crippen molar-refractivity contribution in [3.8, 4) is 0 Å². The second-order valence-electron chi connectivity index (χ2n) is 9.22. The van der Waals surface area contributed by atoms with Crippen LogP contribution in [0.25, 0.3) is 5.65 Å². The first-order valence-corrected chi connectivity index (χ1v) is 11.2. The Bertz CT molecular complexity index is 1260. The normalized spacial score (nSPS) is 28.4. The van der Waals surface area contributed by atoms with Gasteiger partial charge in [0.2, 0.25) is 0 Å². The number of aromatic nitrogens is 3. The summed E-state index contributed by atoms with van der Waals surface area (Å²) in [6.45, 7) is 3.52. The monoisotopic (exact) mass is 454 g/mol. The van der Waals surface area contributed by atoms with E-state index in [0.29, 0.717) is 48.8 Å². The van der Waals surface area contributed by atoms with E-state index in [1.807, 2.05) is 6.07 Å². The van der Waals surface area contributed by atoms with Crippen molar-refractivity contribution in [3.05, 3.63) is 53.9 Å². The molecule has 2 amide bonds. The van der Waals surface area contributed by atoms with Crippen molar-refractivity contribution in [2.75, 3.05) is 29.9 Å². The van der Waals surface area contributed by atoms with Crippen LogP contribution in [0.2, 0.25) is 0 Å². The minimum atomic E-state index is -0.632. The molecule has 0 unspecified atom stereocenters. The van der Waals surface area contributed by atoms with Crippen LogP contribution >= 0.6 is 0 Å². The van der Waals surface area contributed by atoms with Crippen LogP contribution < -0.4 is 10.2 Å². The Morgan fingerprint density at radius 1 is 1.24 bits per heavy atom. The third kappa shape index (κ3) is 2.93. The van der Waals surface area contributed by atoms with Crippen LogP contribution in [0.1, 0.15) is 25.3 Å². The Morgan fingerprint density at radius 2 is 2.09 bits per heavy atom. The van der Waals surface area contributed by atoms with Crippen LogP contribution in [0.15, 0.2) is 36.7 Å². The molecule has 4 heterocycles. The Labute approximate surface area is 188 Å². The molecule has 2 aliphatic heterocycles. The maximum Gasteiger partial charge on any atom is 0.322 e. The van der Waals surface area contributed by atoms with Gasteiger partial charge in [0.05, 0.1) is 17.8 Å². The number of anilines is 2. The Hall–Kier alpha value is -3.27. The molecule has 6 rings (SSSR count). The highest BCUT2D eigenvalue weighted by Gasteiger charge is 2.70. The lowest BCUT2D eigenvalue weighted by molar-refractivity contribution is 0.176. The summed E-state index contributed by atoms with van der Waals surface area (Å²) < 4.78 is 30.5. The number of halogens is 2. The molecule has 1 saturated carbocycles. The number of aliphatic hydroxyl groups is 1. The van der Waals surface area contributed by atoms with Gasteiger partial charge in [-0.1, -0.05) is 6.92 Å². The minimum absolute atomic E-state index is 0.159. The fourth-order valence-electron chi connectivity index (χ4n) is 5.92. The lowest BCUT2D eigenvalue weighted by Crippen LogP contribution is -2.36. The first-order valence-electron chi connectivity index (χ1n) is 11.2. The summed E-state index contributed by atoms with van der Waals surface area (Å²) >= 11 is 0. The molecule has 2 N–H and O–H groups in total. The first kappa shape index (κ1) is 20.3. The summed E-state index contributed by atoms with van der Waals surface area (Å²) in [6, 6.07) is 5.13. The molecule has 3 aliphatic rings. The fraction of sp³-hybridized carbons (Fsp3) is 0.435. The quantitative estimate of drug-likeness (QED) is 0.636. The number of benzene rings is 1. The van der Waals surface area contributed by atoms with E-state index in [0.717, 1.165) is 12.5 Å². The largest absolute Gasteiger partial charge is 0.391 e. The number of aliphatic hydroxyl groups excluding tert-OH is 1. The van der Waals surface area contributed by atoms with Gasteiger partial charge in [-0.3, -0.25) is 0 Å². The average molecular weight is 454 g/mol. The zero-order valence-corrected chi connectivity index (χ0v) is 18.1. The van der Waals surface area contributed by atoms with E-state index >= 15 is 0 Å². The highest BCUT2D eigenvalue weighted by atomic mass is 19.1. The number of hydrogen-bond donors (Lipinski definition) is 2. The zero-order chi connectivity index (χ0) is 22.9. The van der Waals surface area contributed by atoms with Crippen LogP contribution in [0.5, 0.6) is 0 Å². The molecule has 2 aromatic heterocycles. The van der Waals surface area contributed by atoms with Crippen molar-refractivity contribution in [1.82, 2.24) is 19.5 Å². The summed E-state index contributed by atoms with van der Waals surface area (Å²) in [5, 5.41) is 16.8. The van der Waals surface area contributed by atoms with E-state index in [1.54, 1.807) is 15.6 Å². The summed E-state index contributed by atoms with van der Waals surface area (Å²) in [7, 11) is 0. The van der Waals surface area contributed by atoms with E-state index in [-0.39, 0.29) is 17.9 Å². The van der Waals surface area contributed by atoms with E-state index in [9.17, 15) is 18.7 Å². The van der Waals surface area contributed by atoms with Gasteiger partial charge in [0.15, 0.2) is 5.65 Å². The topological polar surface area (TPSA) is 86.0 Å². The second-order valence-corrected chi connectivity index (χ2v) is 9.22. The molecule has 1 aromatic carbocycles. The van der Waals surface area contributed by atoms with E-state index in [2.05, 4.69) is 22.2 Å². The van der Waals surface area contributed by atoms with Crippen LogP contribution in [-0.2, 0) is 5.54 Å². The number of piperidine rings is 1. The molecular weight excluding hydrogens is 430 g/mol. The Kier molecular flexibility index (Phi) is 4.39. The first-order chi connectivity index (χ1) is 15.9. The highest BCUT2D eigenvalue weighted by molar-refractivity contribution is 5.93. The second kappa shape index (κ2) is 7.11. The Balaban J connectivity index is 1.35. The van der Waals surface area contributed by atoms with E-state index < -0.39 is 23.3 Å². The number of nitrogens with one attached hydrogen (secondary N) is 1. The van der Waals surface area contributed by atoms with Crippen molar-refractivity contribution >= 4 is 23.2 Å². The molecule has 0 spiro atoms. The van der Waals surface area contributed by atoms with E-state index in [4.69, 9.17) is 4.98 Å². The maximum absolute atomic E-state index is 14.8. The van der Waals surface area contributed by atoms with Crippen molar-refractivity contribution in [2.45, 2.75) is 31.4 Å². The summed E-state index contributed by atoms with van der Waals surface area (Å²) in [5.74, 6) is 0.139. The number of β-amino-alcohol motifs (C(OH)–C–C–N with tert-alkyl or cyclic N) is 1. The van der Waals surface area contributed by atoms with Crippen LogP contribution in [0, 0.1) is 23.5 Å². The molecule has 3 aromatic rings. The van der Waals surface area contributed by atoms with Crippen molar-refractivity contribution in [2.24, 2.45) is 11.8 Å². The highest BCUT2D eigenvalue weighted by Crippen LogP contribution is 2.68. The molecule has 1 aliphatic carbocycles. The van der Waals surface area contributed by atoms with Crippen molar-refractivity contribution < 1.29 is 18.7 Å². The number of amides is 2. The van der Waals surface area contributed by atoms with Gasteiger partial charge in [-0.25, -0.2) is 23.1 Å². The molecule has 0 radical (unpaired) electrons. The molecule has 0 bridgehead atoms. The molecule has 4 atom stereocenters. The summed E-state index contributed by atoms with van der Waals surface area (Å²) in [5.41, 5.74) is 0.655. The number of nitrogens with zero attached hydrogens (tertiary/aromatic N) is 5. The van der Waals surface area contributed by atoms with Gasteiger partial charge < -0.3 is 20.2 Å². The van der Waals surface area contributed by atoms with Gasteiger partial charge in [-0.15, -0.1) is 0 Å². The number of likely N-dealkylation sites (tertiary alicyclic amines) is 1. The van der Waals surface area contributed by atoms with Crippen LogP contribution in [0.4, 0.5) is 25.1 Å². The van der Waals surface area contributed by atoms with Crippen LogP contribution in [0.3, 0.4) is 0 Å². The third-order valence-electron chi connectivity index (χ3n) is 7.55. The molecule has 172 valence electrons. The summed E-state index contributed by atoms with van der Waals surface area (Å²) in [4.78, 5) is 21.0. The van der Waals surface area contributed by atoms with Gasteiger partial charge in [-0.2, -0.15) is 5.10 Å². The maximum atomic E-state index is 14.8. The lowest BCUT2D eigenvalue weighted by Gasteiger charge is -2.31. The van der Waals surface area contributed by atoms with Crippen molar-refractivity contribution in [1.29, 1.82) is 0 Å². The van der Waals surface area contributed by atoms with E-state index in [1.165, 1.54) is 18.3 Å².